The molecule has 0 amide bonds. The monoisotopic (exact) mass is 150 g/mol. The van der Waals surface area contributed by atoms with E-state index in [9.17, 15) is 0 Å². The molecule has 0 saturated carbocycles. The highest BCUT2D eigenvalue weighted by molar-refractivity contribution is 5.64. The molecule has 0 aliphatic carbocycles. The molecular weight excluding hydrogens is 140 g/mol. The van der Waals surface area contributed by atoms with Crippen LogP contribution in [0.15, 0.2) is 34.6 Å². The third-order valence-electron chi connectivity index (χ3n) is 1.34. The molecule has 0 fully saturated rings. The maximum atomic E-state index is 4.91. The number of rotatable bonds is 2. The van der Waals surface area contributed by atoms with Crippen LogP contribution in [0.2, 0.25) is 0 Å². The van der Waals surface area contributed by atoms with Gasteiger partial charge in [-0.25, -0.2) is 0 Å². The third kappa shape index (κ3) is 1.67. The molecule has 0 spiro atoms. The van der Waals surface area contributed by atoms with Crippen molar-refractivity contribution in [3.8, 4) is 0 Å². The number of para-hydroxylation sites is 1. The molecule has 1 aromatic carbocycles. The van der Waals surface area contributed by atoms with Crippen molar-refractivity contribution in [3.05, 3.63) is 24.3 Å². The molecule has 4 heteroatoms. The van der Waals surface area contributed by atoms with E-state index in [0.29, 0.717) is 0 Å². The van der Waals surface area contributed by atoms with E-state index < -0.39 is 0 Å². The number of anilines is 1. The van der Waals surface area contributed by atoms with Crippen molar-refractivity contribution in [1.29, 1.82) is 0 Å². The zero-order valence-electron chi connectivity index (χ0n) is 6.28. The molecule has 0 heterocycles. The van der Waals surface area contributed by atoms with Crippen molar-refractivity contribution in [2.75, 3.05) is 12.4 Å². The van der Waals surface area contributed by atoms with Gasteiger partial charge in [0.05, 0.1) is 5.69 Å². The average Bonchev–Trinajstić information content (AvgIpc) is 2.06. The summed E-state index contributed by atoms with van der Waals surface area (Å²) in [6.45, 7) is 0. The van der Waals surface area contributed by atoms with Gasteiger partial charge in [-0.15, -0.1) is 5.11 Å². The van der Waals surface area contributed by atoms with Gasteiger partial charge < -0.3 is 11.2 Å². The lowest BCUT2D eigenvalue weighted by Gasteiger charge is -2.00. The van der Waals surface area contributed by atoms with Gasteiger partial charge in [0, 0.05) is 7.05 Å². The van der Waals surface area contributed by atoms with E-state index in [2.05, 4.69) is 15.7 Å². The zero-order chi connectivity index (χ0) is 8.10. The van der Waals surface area contributed by atoms with E-state index in [1.807, 2.05) is 31.3 Å². The summed E-state index contributed by atoms with van der Waals surface area (Å²) in [5.41, 5.74) is 1.67. The van der Waals surface area contributed by atoms with Gasteiger partial charge in [-0.3, -0.25) is 0 Å². The topological polar surface area (TPSA) is 62.8 Å². The Kier molecular flexibility index (Phi) is 2.43. The Morgan fingerprint density at radius 1 is 1.36 bits per heavy atom. The van der Waals surface area contributed by atoms with Gasteiger partial charge >= 0.3 is 0 Å². The van der Waals surface area contributed by atoms with Gasteiger partial charge in [-0.2, -0.15) is 0 Å². The summed E-state index contributed by atoms with van der Waals surface area (Å²) in [5, 5.41) is 9.89. The Morgan fingerprint density at radius 3 is 2.73 bits per heavy atom. The van der Waals surface area contributed by atoms with E-state index in [-0.39, 0.29) is 0 Å². The molecule has 0 aliphatic rings. The number of nitrogens with two attached hydrogens (primary N) is 1. The first kappa shape index (κ1) is 7.53. The van der Waals surface area contributed by atoms with Gasteiger partial charge in [0.15, 0.2) is 0 Å². The highest BCUT2D eigenvalue weighted by Crippen LogP contribution is 2.22. The van der Waals surface area contributed by atoms with Crippen molar-refractivity contribution in [2.24, 2.45) is 16.2 Å². The molecule has 0 aromatic heterocycles. The maximum absolute atomic E-state index is 4.91. The molecule has 4 nitrogen and oxygen atoms in total. The fourth-order valence-electron chi connectivity index (χ4n) is 0.834. The van der Waals surface area contributed by atoms with Crippen LogP contribution < -0.4 is 11.2 Å². The van der Waals surface area contributed by atoms with Crippen molar-refractivity contribution in [3.63, 3.8) is 0 Å². The molecule has 0 bridgehead atoms. The first-order valence-electron chi connectivity index (χ1n) is 3.26. The Bertz CT molecular complexity index is 256. The summed E-state index contributed by atoms with van der Waals surface area (Å²) in [7, 11) is 1.82. The normalized spacial score (nSPS) is 10.3. The lowest BCUT2D eigenvalue weighted by atomic mass is 10.3. The summed E-state index contributed by atoms with van der Waals surface area (Å²) >= 11 is 0. The molecule has 11 heavy (non-hydrogen) atoms. The van der Waals surface area contributed by atoms with Crippen LogP contribution in [0, 0.1) is 0 Å². The predicted octanol–water partition coefficient (Wildman–Crippen LogP) is 1.69. The van der Waals surface area contributed by atoms with Crippen molar-refractivity contribution < 1.29 is 0 Å². The van der Waals surface area contributed by atoms with E-state index >= 15 is 0 Å². The molecule has 0 atom stereocenters. The molecule has 58 valence electrons. The van der Waals surface area contributed by atoms with Crippen molar-refractivity contribution in [2.45, 2.75) is 0 Å². The molecule has 1 aromatic rings. The van der Waals surface area contributed by atoms with Crippen molar-refractivity contribution in [1.82, 2.24) is 0 Å². The number of nitrogens with zero attached hydrogens (tertiary/aromatic N) is 2. The van der Waals surface area contributed by atoms with E-state index in [1.165, 1.54) is 0 Å². The fourth-order valence-corrected chi connectivity index (χ4v) is 0.834. The number of hydrogen-bond donors (Lipinski definition) is 2. The largest absolute Gasteiger partial charge is 0.386 e. The second-order valence-electron chi connectivity index (χ2n) is 1.98. The molecule has 0 saturated heterocycles. The van der Waals surface area contributed by atoms with E-state index in [1.54, 1.807) is 0 Å². The lowest BCUT2D eigenvalue weighted by Crippen LogP contribution is -1.87. The number of nitrogens with one attached hydrogen (secondary N) is 1. The van der Waals surface area contributed by atoms with Crippen LogP contribution in [0.4, 0.5) is 11.4 Å². The predicted molar refractivity (Wildman–Crippen MR) is 44.7 cm³/mol. The van der Waals surface area contributed by atoms with Crippen molar-refractivity contribution >= 4 is 11.4 Å². The lowest BCUT2D eigenvalue weighted by molar-refractivity contribution is 1.06. The van der Waals surface area contributed by atoms with Gasteiger partial charge in [0.1, 0.15) is 5.69 Å². The van der Waals surface area contributed by atoms with Crippen LogP contribution in [0.1, 0.15) is 0 Å². The minimum atomic E-state index is 0.748. The molecule has 3 N–H and O–H groups in total. The first-order valence-corrected chi connectivity index (χ1v) is 3.26. The minimum Gasteiger partial charge on any atom is -0.386 e. The highest BCUT2D eigenvalue weighted by Gasteiger charge is 1.94. The molecule has 0 radical (unpaired) electrons. The summed E-state index contributed by atoms with van der Waals surface area (Å²) in [4.78, 5) is 0. The average molecular weight is 150 g/mol. The Balaban J connectivity index is 3.02. The van der Waals surface area contributed by atoms with E-state index in [0.717, 1.165) is 11.4 Å². The van der Waals surface area contributed by atoms with Crippen LogP contribution in [-0.4, -0.2) is 7.05 Å². The van der Waals surface area contributed by atoms with Gasteiger partial charge in [-0.1, -0.05) is 17.4 Å². The summed E-state index contributed by atoms with van der Waals surface area (Å²) < 4.78 is 0. The second kappa shape index (κ2) is 3.55. The van der Waals surface area contributed by atoms with Gasteiger partial charge in [0.25, 0.3) is 0 Å². The van der Waals surface area contributed by atoms with Gasteiger partial charge in [0.2, 0.25) is 0 Å². The summed E-state index contributed by atoms with van der Waals surface area (Å²) in [6.07, 6.45) is 0. The quantitative estimate of drug-likeness (QED) is 0.383. The van der Waals surface area contributed by atoms with Gasteiger partial charge in [-0.05, 0) is 12.1 Å². The number of hydrogen-bond acceptors (Lipinski definition) is 3. The summed E-state index contributed by atoms with van der Waals surface area (Å²) in [5.74, 6) is 4.91. The minimum absolute atomic E-state index is 0.748. The van der Waals surface area contributed by atoms with Crippen LogP contribution in [0.25, 0.3) is 0 Å². The molecular formula is C7H10N4. The Labute approximate surface area is 65.1 Å². The third-order valence-corrected chi connectivity index (χ3v) is 1.34. The Hall–Kier alpha value is -1.58. The van der Waals surface area contributed by atoms with Crippen LogP contribution >= 0.6 is 0 Å². The fraction of sp³-hybridized carbons (Fsp3) is 0.143. The maximum Gasteiger partial charge on any atom is 0.110 e. The Morgan fingerprint density at radius 2 is 2.09 bits per heavy atom. The highest BCUT2D eigenvalue weighted by atomic mass is 15.3. The standard InChI is InChI=1S/C7H10N4/c1-9-6-4-2-3-5-7(6)10-11-8/h2-5,9H,1H3,(H2,8,10). The number of benzene rings is 1. The zero-order valence-corrected chi connectivity index (χ0v) is 6.28. The first-order chi connectivity index (χ1) is 5.38. The molecule has 1 rings (SSSR count). The van der Waals surface area contributed by atoms with Crippen LogP contribution in [0.5, 0.6) is 0 Å². The SMILES string of the molecule is CNc1ccccc1N=NN. The second-order valence-corrected chi connectivity index (χ2v) is 1.98. The molecule has 0 unspecified atom stereocenters. The smallest absolute Gasteiger partial charge is 0.110 e. The molecule has 0 aliphatic heterocycles. The van der Waals surface area contributed by atoms with Crippen LogP contribution in [0.3, 0.4) is 0 Å². The van der Waals surface area contributed by atoms with E-state index in [4.69, 9.17) is 5.84 Å². The summed E-state index contributed by atoms with van der Waals surface area (Å²) in [6, 6.07) is 7.54. The van der Waals surface area contributed by atoms with Crippen LogP contribution in [-0.2, 0) is 0 Å².